The molecule has 0 saturated heterocycles. The molecule has 1 N–H and O–H groups in total. The standard InChI is InChI=1S/C25H18ClN3O3S/c26-19-9-6-17(7-10-19)24(31)28-25-27-20(15-33-25)18-8-11-22-21(12-18)29(23(30)14-32-22)13-16-4-2-1-3-5-16/h1-12,15H,13-14H2,(H,27,28,31). The van der Waals surface area contributed by atoms with Crippen molar-refractivity contribution in [3.63, 3.8) is 0 Å². The Kier molecular flexibility index (Phi) is 5.81. The summed E-state index contributed by atoms with van der Waals surface area (Å²) < 4.78 is 5.63. The molecule has 5 rings (SSSR count). The molecule has 0 saturated carbocycles. The van der Waals surface area contributed by atoms with Crippen LogP contribution in [0.15, 0.2) is 78.2 Å². The Hall–Kier alpha value is -3.68. The van der Waals surface area contributed by atoms with Crippen molar-refractivity contribution in [2.75, 3.05) is 16.8 Å². The summed E-state index contributed by atoms with van der Waals surface area (Å²) in [6.07, 6.45) is 0. The third-order valence-electron chi connectivity index (χ3n) is 5.21. The van der Waals surface area contributed by atoms with Gasteiger partial charge in [-0.05, 0) is 48.0 Å². The quantitative estimate of drug-likeness (QED) is 0.405. The predicted molar refractivity (Wildman–Crippen MR) is 130 cm³/mol. The zero-order valence-corrected chi connectivity index (χ0v) is 18.9. The summed E-state index contributed by atoms with van der Waals surface area (Å²) in [6, 6.07) is 22.1. The third-order valence-corrected chi connectivity index (χ3v) is 6.22. The van der Waals surface area contributed by atoms with Crippen LogP contribution >= 0.6 is 22.9 Å². The molecule has 0 fully saturated rings. The second-order valence-electron chi connectivity index (χ2n) is 7.44. The molecule has 3 aromatic carbocycles. The van der Waals surface area contributed by atoms with E-state index in [1.165, 1.54) is 11.3 Å². The molecule has 2 heterocycles. The van der Waals surface area contributed by atoms with Crippen molar-refractivity contribution in [1.82, 2.24) is 4.98 Å². The number of ether oxygens (including phenoxy) is 1. The molecular formula is C25H18ClN3O3S. The summed E-state index contributed by atoms with van der Waals surface area (Å²) in [6.45, 7) is 0.468. The Bertz CT molecular complexity index is 1320. The van der Waals surface area contributed by atoms with E-state index in [0.29, 0.717) is 39.4 Å². The van der Waals surface area contributed by atoms with E-state index in [1.807, 2.05) is 53.9 Å². The first kappa shape index (κ1) is 21.2. The van der Waals surface area contributed by atoms with Crippen molar-refractivity contribution in [2.45, 2.75) is 6.54 Å². The number of benzene rings is 3. The maximum absolute atomic E-state index is 12.6. The summed E-state index contributed by atoms with van der Waals surface area (Å²) in [5, 5.41) is 5.73. The number of fused-ring (bicyclic) bond motifs is 1. The predicted octanol–water partition coefficient (Wildman–Crippen LogP) is 5.64. The van der Waals surface area contributed by atoms with Crippen LogP contribution in [-0.4, -0.2) is 23.4 Å². The van der Waals surface area contributed by atoms with Gasteiger partial charge in [0, 0.05) is 21.5 Å². The zero-order chi connectivity index (χ0) is 22.8. The summed E-state index contributed by atoms with van der Waals surface area (Å²) >= 11 is 7.22. The van der Waals surface area contributed by atoms with Crippen molar-refractivity contribution in [1.29, 1.82) is 0 Å². The van der Waals surface area contributed by atoms with E-state index in [9.17, 15) is 9.59 Å². The van der Waals surface area contributed by atoms with Crippen molar-refractivity contribution < 1.29 is 14.3 Å². The van der Waals surface area contributed by atoms with Crippen LogP contribution in [0.5, 0.6) is 5.75 Å². The van der Waals surface area contributed by atoms with Gasteiger partial charge in [-0.2, -0.15) is 0 Å². The minimum absolute atomic E-state index is 0.0107. The van der Waals surface area contributed by atoms with E-state index in [4.69, 9.17) is 16.3 Å². The molecule has 0 spiro atoms. The van der Waals surface area contributed by atoms with Gasteiger partial charge in [-0.15, -0.1) is 11.3 Å². The van der Waals surface area contributed by atoms with Gasteiger partial charge < -0.3 is 9.64 Å². The number of nitrogens with zero attached hydrogens (tertiary/aromatic N) is 2. The molecule has 1 aliphatic heterocycles. The van der Waals surface area contributed by atoms with E-state index in [2.05, 4.69) is 10.3 Å². The van der Waals surface area contributed by atoms with Gasteiger partial charge in [0.2, 0.25) is 0 Å². The molecule has 33 heavy (non-hydrogen) atoms. The highest BCUT2D eigenvalue weighted by Crippen LogP contribution is 2.37. The fourth-order valence-electron chi connectivity index (χ4n) is 3.54. The van der Waals surface area contributed by atoms with Crippen LogP contribution < -0.4 is 15.0 Å². The van der Waals surface area contributed by atoms with Crippen molar-refractivity contribution in [3.8, 4) is 17.0 Å². The van der Waals surface area contributed by atoms with Gasteiger partial charge in [-0.1, -0.05) is 41.9 Å². The van der Waals surface area contributed by atoms with Crippen LogP contribution in [0.4, 0.5) is 10.8 Å². The maximum atomic E-state index is 12.6. The number of carbonyl (C=O) groups excluding carboxylic acids is 2. The summed E-state index contributed by atoms with van der Waals surface area (Å²) in [5.41, 5.74) is 3.76. The first-order chi connectivity index (χ1) is 16.1. The lowest BCUT2D eigenvalue weighted by Gasteiger charge is -2.29. The highest BCUT2D eigenvalue weighted by Gasteiger charge is 2.26. The highest BCUT2D eigenvalue weighted by atomic mass is 35.5. The lowest BCUT2D eigenvalue weighted by molar-refractivity contribution is -0.121. The van der Waals surface area contributed by atoms with E-state index < -0.39 is 0 Å². The molecule has 4 aromatic rings. The molecule has 8 heteroatoms. The summed E-state index contributed by atoms with van der Waals surface area (Å²) in [5.74, 6) is 0.296. The van der Waals surface area contributed by atoms with Crippen molar-refractivity contribution in [2.24, 2.45) is 0 Å². The van der Waals surface area contributed by atoms with Gasteiger partial charge >= 0.3 is 0 Å². The summed E-state index contributed by atoms with van der Waals surface area (Å²) in [7, 11) is 0. The fourth-order valence-corrected chi connectivity index (χ4v) is 4.38. The van der Waals surface area contributed by atoms with Crippen LogP contribution in [0.25, 0.3) is 11.3 Å². The number of aromatic nitrogens is 1. The number of hydrogen-bond acceptors (Lipinski definition) is 5. The molecule has 6 nitrogen and oxygen atoms in total. The first-order valence-electron chi connectivity index (χ1n) is 10.2. The third kappa shape index (κ3) is 4.60. The Morgan fingerprint density at radius 3 is 2.67 bits per heavy atom. The second-order valence-corrected chi connectivity index (χ2v) is 8.73. The van der Waals surface area contributed by atoms with Crippen molar-refractivity contribution >= 4 is 45.6 Å². The minimum atomic E-state index is -0.258. The van der Waals surface area contributed by atoms with Crippen LogP contribution in [-0.2, 0) is 11.3 Å². The zero-order valence-electron chi connectivity index (χ0n) is 17.3. The fraction of sp³-hybridized carbons (Fsp3) is 0.0800. The number of nitrogens with one attached hydrogen (secondary N) is 1. The SMILES string of the molecule is O=C(Nc1nc(-c2ccc3c(c2)N(Cc2ccccc2)C(=O)CO3)cs1)c1ccc(Cl)cc1. The Morgan fingerprint density at radius 2 is 1.88 bits per heavy atom. The largest absolute Gasteiger partial charge is 0.482 e. The van der Waals surface area contributed by atoms with Crippen LogP contribution in [0, 0.1) is 0 Å². The summed E-state index contributed by atoms with van der Waals surface area (Å²) in [4.78, 5) is 31.4. The van der Waals surface area contributed by atoms with E-state index in [0.717, 1.165) is 11.1 Å². The number of amides is 2. The lowest BCUT2D eigenvalue weighted by Crippen LogP contribution is -2.38. The van der Waals surface area contributed by atoms with Gasteiger partial charge in [-0.25, -0.2) is 4.98 Å². The molecule has 0 atom stereocenters. The Labute approximate surface area is 199 Å². The van der Waals surface area contributed by atoms with Crippen LogP contribution in [0.2, 0.25) is 5.02 Å². The first-order valence-corrected chi connectivity index (χ1v) is 11.5. The van der Waals surface area contributed by atoms with Crippen molar-refractivity contribution in [3.05, 3.63) is 94.3 Å². The normalized spacial score (nSPS) is 12.8. The van der Waals surface area contributed by atoms with Gasteiger partial charge in [-0.3, -0.25) is 14.9 Å². The Morgan fingerprint density at radius 1 is 1.09 bits per heavy atom. The monoisotopic (exact) mass is 475 g/mol. The van der Waals surface area contributed by atoms with Crippen LogP contribution in [0.1, 0.15) is 15.9 Å². The smallest absolute Gasteiger partial charge is 0.265 e. The molecule has 0 aliphatic carbocycles. The average Bonchev–Trinajstić information content (AvgIpc) is 3.30. The number of thiazole rings is 1. The lowest BCUT2D eigenvalue weighted by atomic mass is 10.1. The van der Waals surface area contributed by atoms with Gasteiger partial charge in [0.05, 0.1) is 17.9 Å². The molecular weight excluding hydrogens is 458 g/mol. The Balaban J connectivity index is 1.39. The molecule has 164 valence electrons. The molecule has 0 unspecified atom stereocenters. The number of anilines is 2. The molecule has 2 amide bonds. The molecule has 1 aliphatic rings. The molecule has 1 aromatic heterocycles. The maximum Gasteiger partial charge on any atom is 0.265 e. The van der Waals surface area contributed by atoms with E-state index in [1.54, 1.807) is 29.2 Å². The van der Waals surface area contributed by atoms with Crippen LogP contribution in [0.3, 0.4) is 0 Å². The topological polar surface area (TPSA) is 71.5 Å². The highest BCUT2D eigenvalue weighted by molar-refractivity contribution is 7.14. The second kappa shape index (κ2) is 9.05. The average molecular weight is 476 g/mol. The number of halogens is 1. The minimum Gasteiger partial charge on any atom is -0.482 e. The molecule has 0 bridgehead atoms. The van der Waals surface area contributed by atoms with Gasteiger partial charge in [0.1, 0.15) is 5.75 Å². The van der Waals surface area contributed by atoms with Gasteiger partial charge in [0.25, 0.3) is 11.8 Å². The van der Waals surface area contributed by atoms with E-state index in [-0.39, 0.29) is 18.4 Å². The number of carbonyl (C=O) groups is 2. The van der Waals surface area contributed by atoms with Gasteiger partial charge in [0.15, 0.2) is 11.7 Å². The van der Waals surface area contributed by atoms with E-state index >= 15 is 0 Å². The number of rotatable bonds is 5. The number of hydrogen-bond donors (Lipinski definition) is 1. The molecule has 0 radical (unpaired) electrons.